The van der Waals surface area contributed by atoms with Crippen LogP contribution in [0.4, 0.5) is 0 Å². The number of nitrogens with one attached hydrogen (secondary N) is 1. The summed E-state index contributed by atoms with van der Waals surface area (Å²) in [7, 11) is 0. The lowest BCUT2D eigenvalue weighted by Gasteiger charge is -2.31. The van der Waals surface area contributed by atoms with Crippen LogP contribution in [0.3, 0.4) is 0 Å². The molecule has 1 aromatic heterocycles. The second-order valence-electron chi connectivity index (χ2n) is 4.28. The fraction of sp³-hybridized carbons (Fsp3) is 0.636. The van der Waals surface area contributed by atoms with E-state index in [0.717, 1.165) is 21.6 Å². The summed E-state index contributed by atoms with van der Waals surface area (Å²) >= 11 is 5.04. The largest absolute Gasteiger partial charge is 0.386 e. The van der Waals surface area contributed by atoms with E-state index in [1.807, 2.05) is 12.1 Å². The highest BCUT2D eigenvalue weighted by Crippen LogP contribution is 2.32. The van der Waals surface area contributed by atoms with Crippen molar-refractivity contribution in [3.8, 4) is 0 Å². The van der Waals surface area contributed by atoms with E-state index in [1.54, 1.807) is 11.3 Å². The van der Waals surface area contributed by atoms with E-state index in [2.05, 4.69) is 28.2 Å². The number of piperidine rings is 1. The molecule has 0 amide bonds. The molecule has 15 heavy (non-hydrogen) atoms. The third-order valence-corrected chi connectivity index (χ3v) is 4.66. The normalized spacial score (nSPS) is 29.0. The predicted molar refractivity (Wildman–Crippen MR) is 67.2 cm³/mol. The summed E-state index contributed by atoms with van der Waals surface area (Å²) in [5.74, 6) is 0.717. The van der Waals surface area contributed by atoms with E-state index in [-0.39, 0.29) is 12.1 Å². The van der Waals surface area contributed by atoms with Crippen LogP contribution in [0.1, 0.15) is 30.7 Å². The minimum Gasteiger partial charge on any atom is -0.386 e. The molecule has 1 fully saturated rings. The Morgan fingerprint density at radius 1 is 1.60 bits per heavy atom. The van der Waals surface area contributed by atoms with Gasteiger partial charge in [-0.1, -0.05) is 6.92 Å². The van der Waals surface area contributed by atoms with Gasteiger partial charge in [-0.2, -0.15) is 0 Å². The van der Waals surface area contributed by atoms with Crippen LogP contribution in [0, 0.1) is 5.92 Å². The molecule has 3 unspecified atom stereocenters. The third kappa shape index (κ3) is 2.81. The summed E-state index contributed by atoms with van der Waals surface area (Å²) in [6.45, 7) is 3.28. The first kappa shape index (κ1) is 11.6. The van der Waals surface area contributed by atoms with E-state index in [4.69, 9.17) is 0 Å². The molecule has 1 aromatic rings. The number of halogens is 1. The van der Waals surface area contributed by atoms with Crippen LogP contribution >= 0.6 is 27.3 Å². The van der Waals surface area contributed by atoms with Crippen molar-refractivity contribution in [2.24, 2.45) is 5.92 Å². The molecular weight excluding hydrogens is 274 g/mol. The molecular formula is C11H16BrNOS. The molecule has 0 aromatic carbocycles. The molecule has 2 N–H and O–H groups in total. The van der Waals surface area contributed by atoms with E-state index in [1.165, 1.54) is 6.42 Å². The van der Waals surface area contributed by atoms with Crippen LogP contribution in [-0.2, 0) is 0 Å². The molecule has 2 rings (SSSR count). The number of aliphatic hydroxyl groups excluding tert-OH is 1. The van der Waals surface area contributed by atoms with Crippen LogP contribution < -0.4 is 5.32 Å². The Balaban J connectivity index is 2.03. The van der Waals surface area contributed by atoms with E-state index in [0.29, 0.717) is 5.92 Å². The monoisotopic (exact) mass is 289 g/mol. The first-order chi connectivity index (χ1) is 7.16. The number of hydrogen-bond acceptors (Lipinski definition) is 3. The van der Waals surface area contributed by atoms with Gasteiger partial charge in [0.05, 0.1) is 3.79 Å². The molecule has 4 heteroatoms. The standard InChI is InChI=1S/C11H16BrNOS/c1-7-4-5-13-8(6-7)11(14)9-2-3-10(12)15-9/h2-3,7-8,11,13-14H,4-6H2,1H3. The molecule has 0 aliphatic carbocycles. The van der Waals surface area contributed by atoms with Crippen LogP contribution in [0.2, 0.25) is 0 Å². The second kappa shape index (κ2) is 4.95. The molecule has 2 heterocycles. The molecule has 3 atom stereocenters. The first-order valence-electron chi connectivity index (χ1n) is 5.33. The SMILES string of the molecule is CC1CCNC(C(O)c2ccc(Br)s2)C1. The Morgan fingerprint density at radius 3 is 3.00 bits per heavy atom. The van der Waals surface area contributed by atoms with E-state index >= 15 is 0 Å². The van der Waals surface area contributed by atoms with Crippen LogP contribution in [0.25, 0.3) is 0 Å². The summed E-state index contributed by atoms with van der Waals surface area (Å²) in [6, 6.07) is 4.22. The van der Waals surface area contributed by atoms with Gasteiger partial charge in [-0.3, -0.25) is 0 Å². The maximum Gasteiger partial charge on any atom is 0.103 e. The van der Waals surface area contributed by atoms with Gasteiger partial charge in [-0.05, 0) is 53.4 Å². The van der Waals surface area contributed by atoms with Crippen molar-refractivity contribution in [3.63, 3.8) is 0 Å². The minimum atomic E-state index is -0.357. The summed E-state index contributed by atoms with van der Waals surface area (Å²) in [5, 5.41) is 13.6. The van der Waals surface area contributed by atoms with Gasteiger partial charge in [-0.15, -0.1) is 11.3 Å². The average molecular weight is 290 g/mol. The van der Waals surface area contributed by atoms with Crippen LogP contribution in [0.5, 0.6) is 0 Å². The predicted octanol–water partition coefficient (Wildman–Crippen LogP) is 2.93. The molecule has 0 radical (unpaired) electrons. The topological polar surface area (TPSA) is 32.3 Å². The van der Waals surface area contributed by atoms with Crippen molar-refractivity contribution in [3.05, 3.63) is 20.8 Å². The van der Waals surface area contributed by atoms with E-state index in [9.17, 15) is 5.11 Å². The van der Waals surface area contributed by atoms with Crippen molar-refractivity contribution in [2.75, 3.05) is 6.54 Å². The van der Waals surface area contributed by atoms with Gasteiger partial charge in [0, 0.05) is 10.9 Å². The van der Waals surface area contributed by atoms with Gasteiger partial charge in [0.15, 0.2) is 0 Å². The Morgan fingerprint density at radius 2 is 2.40 bits per heavy atom. The van der Waals surface area contributed by atoms with Crippen molar-refractivity contribution >= 4 is 27.3 Å². The zero-order chi connectivity index (χ0) is 10.8. The fourth-order valence-electron chi connectivity index (χ4n) is 2.08. The van der Waals surface area contributed by atoms with Gasteiger partial charge in [0.1, 0.15) is 6.10 Å². The molecule has 1 aliphatic heterocycles. The molecule has 0 saturated carbocycles. The van der Waals surface area contributed by atoms with Crippen LogP contribution in [-0.4, -0.2) is 17.7 Å². The highest BCUT2D eigenvalue weighted by atomic mass is 79.9. The maximum atomic E-state index is 10.2. The van der Waals surface area contributed by atoms with Gasteiger partial charge >= 0.3 is 0 Å². The lowest BCUT2D eigenvalue weighted by Crippen LogP contribution is -2.41. The molecule has 0 bridgehead atoms. The molecule has 1 aliphatic rings. The van der Waals surface area contributed by atoms with Crippen molar-refractivity contribution in [1.82, 2.24) is 5.32 Å². The zero-order valence-electron chi connectivity index (χ0n) is 8.74. The van der Waals surface area contributed by atoms with Crippen molar-refractivity contribution in [2.45, 2.75) is 31.9 Å². The lowest BCUT2D eigenvalue weighted by molar-refractivity contribution is 0.104. The average Bonchev–Trinajstić information content (AvgIpc) is 2.64. The lowest BCUT2D eigenvalue weighted by atomic mass is 9.91. The molecule has 2 nitrogen and oxygen atoms in total. The quantitative estimate of drug-likeness (QED) is 0.877. The third-order valence-electron chi connectivity index (χ3n) is 2.97. The molecule has 0 spiro atoms. The molecule has 84 valence electrons. The Bertz CT molecular complexity index is 328. The summed E-state index contributed by atoms with van der Waals surface area (Å²) in [6.07, 6.45) is 1.93. The Hall–Kier alpha value is 0.1000. The minimum absolute atomic E-state index is 0.222. The van der Waals surface area contributed by atoms with E-state index < -0.39 is 0 Å². The smallest absolute Gasteiger partial charge is 0.103 e. The maximum absolute atomic E-state index is 10.2. The highest BCUT2D eigenvalue weighted by molar-refractivity contribution is 9.11. The van der Waals surface area contributed by atoms with Gasteiger partial charge in [0.2, 0.25) is 0 Å². The van der Waals surface area contributed by atoms with Gasteiger partial charge in [0.25, 0.3) is 0 Å². The number of rotatable bonds is 2. The summed E-state index contributed by atoms with van der Waals surface area (Å²) in [5.41, 5.74) is 0. The number of thiophene rings is 1. The van der Waals surface area contributed by atoms with Gasteiger partial charge < -0.3 is 10.4 Å². The van der Waals surface area contributed by atoms with Crippen LogP contribution in [0.15, 0.2) is 15.9 Å². The zero-order valence-corrected chi connectivity index (χ0v) is 11.1. The van der Waals surface area contributed by atoms with Crippen molar-refractivity contribution < 1.29 is 5.11 Å². The summed E-state index contributed by atoms with van der Waals surface area (Å²) < 4.78 is 1.08. The second-order valence-corrected chi connectivity index (χ2v) is 6.77. The van der Waals surface area contributed by atoms with Gasteiger partial charge in [-0.25, -0.2) is 0 Å². The van der Waals surface area contributed by atoms with Crippen molar-refractivity contribution in [1.29, 1.82) is 0 Å². The Labute approximate surface area is 103 Å². The fourth-order valence-corrected chi connectivity index (χ4v) is 3.55. The molecule has 1 saturated heterocycles. The number of aliphatic hydroxyl groups is 1. The number of hydrogen-bond donors (Lipinski definition) is 2. The summed E-state index contributed by atoms with van der Waals surface area (Å²) in [4.78, 5) is 1.05. The highest BCUT2D eigenvalue weighted by Gasteiger charge is 2.26. The first-order valence-corrected chi connectivity index (χ1v) is 6.94. The Kier molecular flexibility index (Phi) is 3.83.